The molecule has 1 aliphatic carbocycles. The minimum atomic E-state index is -0.0526. The molecule has 0 amide bonds. The molecular formula is C16H32N2O2. The number of ether oxygens (including phenoxy) is 1. The van der Waals surface area contributed by atoms with Gasteiger partial charge in [0.1, 0.15) is 0 Å². The van der Waals surface area contributed by atoms with Gasteiger partial charge in [0, 0.05) is 24.7 Å². The Morgan fingerprint density at radius 1 is 1.40 bits per heavy atom. The molecule has 20 heavy (non-hydrogen) atoms. The van der Waals surface area contributed by atoms with Crippen LogP contribution in [-0.2, 0) is 4.74 Å². The highest BCUT2D eigenvalue weighted by molar-refractivity contribution is 4.94. The molecule has 1 unspecified atom stereocenters. The molecular weight excluding hydrogens is 252 g/mol. The molecule has 1 saturated heterocycles. The van der Waals surface area contributed by atoms with Crippen LogP contribution in [0, 0.1) is 0 Å². The van der Waals surface area contributed by atoms with Crippen molar-refractivity contribution >= 4 is 0 Å². The van der Waals surface area contributed by atoms with Gasteiger partial charge in [0.05, 0.1) is 18.8 Å². The van der Waals surface area contributed by atoms with E-state index in [-0.39, 0.29) is 17.7 Å². The molecule has 1 aliphatic heterocycles. The first-order valence-electron chi connectivity index (χ1n) is 8.23. The van der Waals surface area contributed by atoms with E-state index < -0.39 is 0 Å². The Hall–Kier alpha value is -0.160. The third-order valence-corrected chi connectivity index (χ3v) is 4.70. The van der Waals surface area contributed by atoms with Gasteiger partial charge in [-0.3, -0.25) is 4.90 Å². The van der Waals surface area contributed by atoms with E-state index in [0.717, 1.165) is 45.5 Å². The number of morpholine rings is 1. The minimum absolute atomic E-state index is 0.0106. The van der Waals surface area contributed by atoms with Gasteiger partial charge in [0.25, 0.3) is 0 Å². The van der Waals surface area contributed by atoms with Gasteiger partial charge in [-0.2, -0.15) is 0 Å². The van der Waals surface area contributed by atoms with Crippen LogP contribution in [0.5, 0.6) is 0 Å². The van der Waals surface area contributed by atoms with Gasteiger partial charge in [-0.1, -0.05) is 6.92 Å². The van der Waals surface area contributed by atoms with Gasteiger partial charge < -0.3 is 15.2 Å². The first-order valence-corrected chi connectivity index (χ1v) is 8.23. The van der Waals surface area contributed by atoms with Gasteiger partial charge in [0.15, 0.2) is 0 Å². The van der Waals surface area contributed by atoms with E-state index in [1.807, 2.05) is 0 Å². The van der Waals surface area contributed by atoms with Crippen molar-refractivity contribution in [1.29, 1.82) is 0 Å². The highest BCUT2D eigenvalue weighted by Gasteiger charge is 2.34. The van der Waals surface area contributed by atoms with E-state index in [9.17, 15) is 5.11 Å². The molecule has 2 N–H and O–H groups in total. The Balaban J connectivity index is 1.74. The average molecular weight is 284 g/mol. The molecule has 0 bridgehead atoms. The maximum absolute atomic E-state index is 9.78. The Kier molecular flexibility index (Phi) is 5.46. The molecule has 0 spiro atoms. The maximum Gasteiger partial charge on any atom is 0.0753 e. The van der Waals surface area contributed by atoms with Crippen LogP contribution in [0.4, 0.5) is 0 Å². The lowest BCUT2D eigenvalue weighted by molar-refractivity contribution is -0.0865. The third-order valence-electron chi connectivity index (χ3n) is 4.70. The molecule has 0 radical (unpaired) electrons. The zero-order valence-corrected chi connectivity index (χ0v) is 13.5. The van der Waals surface area contributed by atoms with Crippen molar-refractivity contribution in [3.05, 3.63) is 0 Å². The van der Waals surface area contributed by atoms with E-state index in [0.29, 0.717) is 6.04 Å². The van der Waals surface area contributed by atoms with Crippen molar-refractivity contribution in [3.8, 4) is 0 Å². The molecule has 1 saturated carbocycles. The minimum Gasteiger partial charge on any atom is -0.394 e. The molecule has 1 atom stereocenters. The van der Waals surface area contributed by atoms with Gasteiger partial charge >= 0.3 is 0 Å². The highest BCUT2D eigenvalue weighted by Crippen LogP contribution is 2.27. The molecule has 118 valence electrons. The summed E-state index contributed by atoms with van der Waals surface area (Å²) in [5.41, 5.74) is -0.0632. The summed E-state index contributed by atoms with van der Waals surface area (Å²) in [4.78, 5) is 2.50. The van der Waals surface area contributed by atoms with Crippen molar-refractivity contribution < 1.29 is 9.84 Å². The molecule has 0 aromatic heterocycles. The van der Waals surface area contributed by atoms with Crippen molar-refractivity contribution in [1.82, 2.24) is 10.2 Å². The average Bonchev–Trinajstić information content (AvgIpc) is 3.20. The number of nitrogens with zero attached hydrogens (tertiary/aromatic N) is 1. The van der Waals surface area contributed by atoms with E-state index in [1.54, 1.807) is 0 Å². The van der Waals surface area contributed by atoms with Gasteiger partial charge in [-0.25, -0.2) is 0 Å². The molecule has 4 heteroatoms. The van der Waals surface area contributed by atoms with Crippen LogP contribution in [0.3, 0.4) is 0 Å². The Morgan fingerprint density at radius 2 is 2.15 bits per heavy atom. The molecule has 2 fully saturated rings. The molecule has 4 nitrogen and oxygen atoms in total. The van der Waals surface area contributed by atoms with E-state index in [4.69, 9.17) is 4.74 Å². The lowest BCUT2D eigenvalue weighted by Crippen LogP contribution is -2.51. The predicted molar refractivity (Wildman–Crippen MR) is 82.0 cm³/mol. The first-order chi connectivity index (χ1) is 9.49. The summed E-state index contributed by atoms with van der Waals surface area (Å²) >= 11 is 0. The van der Waals surface area contributed by atoms with E-state index in [1.165, 1.54) is 12.8 Å². The highest BCUT2D eigenvalue weighted by atomic mass is 16.5. The predicted octanol–water partition coefficient (Wildman–Crippen LogP) is 1.77. The van der Waals surface area contributed by atoms with Crippen LogP contribution < -0.4 is 5.32 Å². The number of aliphatic hydroxyl groups excluding tert-OH is 1. The number of rotatable bonds is 8. The number of aliphatic hydroxyl groups is 1. The summed E-state index contributed by atoms with van der Waals surface area (Å²) in [5.74, 6) is 0. The van der Waals surface area contributed by atoms with Crippen LogP contribution in [-0.4, -0.2) is 60.0 Å². The Bertz CT molecular complexity index is 299. The molecule has 0 aromatic carbocycles. The second-order valence-corrected chi connectivity index (χ2v) is 7.20. The summed E-state index contributed by atoms with van der Waals surface area (Å²) in [6, 6.07) is 0.657. The van der Waals surface area contributed by atoms with Gasteiger partial charge in [0.2, 0.25) is 0 Å². The smallest absolute Gasteiger partial charge is 0.0753 e. The summed E-state index contributed by atoms with van der Waals surface area (Å²) in [7, 11) is 0. The second kappa shape index (κ2) is 6.73. The third kappa shape index (κ3) is 4.69. The van der Waals surface area contributed by atoms with Crippen molar-refractivity contribution in [2.45, 2.75) is 70.1 Å². The van der Waals surface area contributed by atoms with Crippen LogP contribution >= 0.6 is 0 Å². The van der Waals surface area contributed by atoms with Gasteiger partial charge in [-0.15, -0.1) is 0 Å². The Morgan fingerprint density at radius 3 is 2.70 bits per heavy atom. The van der Waals surface area contributed by atoms with Crippen molar-refractivity contribution in [2.75, 3.05) is 32.8 Å². The maximum atomic E-state index is 9.78. The topological polar surface area (TPSA) is 44.7 Å². The molecule has 2 aliphatic rings. The van der Waals surface area contributed by atoms with E-state index in [2.05, 4.69) is 31.0 Å². The van der Waals surface area contributed by atoms with Crippen LogP contribution in [0.25, 0.3) is 0 Å². The monoisotopic (exact) mass is 284 g/mol. The lowest BCUT2D eigenvalue weighted by atomic mass is 9.90. The molecule has 0 aromatic rings. The van der Waals surface area contributed by atoms with Crippen LogP contribution in [0.15, 0.2) is 0 Å². The lowest BCUT2D eigenvalue weighted by Gasteiger charge is -2.39. The molecule has 1 heterocycles. The Labute approximate surface area is 123 Å². The zero-order valence-electron chi connectivity index (χ0n) is 13.5. The van der Waals surface area contributed by atoms with Crippen LogP contribution in [0.2, 0.25) is 0 Å². The summed E-state index contributed by atoms with van der Waals surface area (Å²) < 4.78 is 5.75. The molecule has 2 rings (SSSR count). The quantitative estimate of drug-likeness (QED) is 0.713. The summed E-state index contributed by atoms with van der Waals surface area (Å²) in [6.45, 7) is 10.8. The standard InChI is InChI=1S/C16H32N2O2/c1-4-16(13-19,17-14-6-7-14)8-5-9-18-10-11-20-15(2,3)12-18/h14,17,19H,4-13H2,1-3H3. The number of hydrogen-bond donors (Lipinski definition) is 2. The normalized spacial score (nSPS) is 26.4. The number of hydrogen-bond acceptors (Lipinski definition) is 4. The zero-order chi connectivity index (χ0) is 14.6. The number of nitrogens with one attached hydrogen (secondary N) is 1. The second-order valence-electron chi connectivity index (χ2n) is 7.20. The largest absolute Gasteiger partial charge is 0.394 e. The van der Waals surface area contributed by atoms with Gasteiger partial charge in [-0.05, 0) is 52.5 Å². The fraction of sp³-hybridized carbons (Fsp3) is 1.00. The van der Waals surface area contributed by atoms with Crippen LogP contribution in [0.1, 0.15) is 52.9 Å². The summed E-state index contributed by atoms with van der Waals surface area (Å²) in [5, 5.41) is 13.4. The first kappa shape index (κ1) is 16.2. The fourth-order valence-electron chi connectivity index (χ4n) is 3.19. The summed E-state index contributed by atoms with van der Waals surface area (Å²) in [6.07, 6.45) is 5.77. The van der Waals surface area contributed by atoms with E-state index >= 15 is 0 Å². The SMILES string of the molecule is CCC(CO)(CCCN1CCOC(C)(C)C1)NC1CC1. The fourth-order valence-corrected chi connectivity index (χ4v) is 3.19. The van der Waals surface area contributed by atoms with Crippen molar-refractivity contribution in [3.63, 3.8) is 0 Å². The van der Waals surface area contributed by atoms with Crippen molar-refractivity contribution in [2.24, 2.45) is 0 Å².